The summed E-state index contributed by atoms with van der Waals surface area (Å²) in [6, 6.07) is 13.9. The summed E-state index contributed by atoms with van der Waals surface area (Å²) in [6.45, 7) is 1.21. The number of amides is 1. The number of hydrogen-bond acceptors (Lipinski definition) is 5. The van der Waals surface area contributed by atoms with Crippen LogP contribution in [0.15, 0.2) is 60.9 Å². The van der Waals surface area contributed by atoms with Gasteiger partial charge in [-0.1, -0.05) is 48.5 Å². The quantitative estimate of drug-likeness (QED) is 0.451. The lowest BCUT2D eigenvalue weighted by molar-refractivity contribution is -0.136. The number of benzene rings is 2. The predicted octanol–water partition coefficient (Wildman–Crippen LogP) is 2.46. The number of aromatic amines is 1. The first-order valence-corrected chi connectivity index (χ1v) is 9.79. The van der Waals surface area contributed by atoms with Gasteiger partial charge in [0, 0.05) is 37.5 Å². The molecular weight excluding hydrogens is 394 g/mol. The van der Waals surface area contributed by atoms with Crippen LogP contribution in [0.5, 0.6) is 0 Å². The van der Waals surface area contributed by atoms with E-state index >= 15 is 0 Å². The maximum Gasteiger partial charge on any atom is 0.255 e. The molecule has 1 amide bonds. The molecule has 0 saturated carbocycles. The van der Waals surface area contributed by atoms with Gasteiger partial charge < -0.3 is 5.32 Å². The zero-order chi connectivity index (χ0) is 22.0. The van der Waals surface area contributed by atoms with Gasteiger partial charge in [0.15, 0.2) is 5.78 Å². The van der Waals surface area contributed by atoms with Crippen molar-refractivity contribution in [3.05, 3.63) is 72.1 Å². The van der Waals surface area contributed by atoms with E-state index in [1.54, 1.807) is 24.1 Å². The van der Waals surface area contributed by atoms with Crippen molar-refractivity contribution in [2.24, 2.45) is 7.05 Å². The second kappa shape index (κ2) is 8.35. The second-order valence-electron chi connectivity index (χ2n) is 7.34. The highest BCUT2D eigenvalue weighted by atomic mass is 16.2. The number of H-pyrrole nitrogens is 1. The van der Waals surface area contributed by atoms with Crippen molar-refractivity contribution < 1.29 is 14.4 Å². The average molecular weight is 415 g/mol. The van der Waals surface area contributed by atoms with Gasteiger partial charge in [-0.25, -0.2) is 0 Å². The second-order valence-corrected chi connectivity index (χ2v) is 7.34. The first-order valence-electron chi connectivity index (χ1n) is 9.79. The van der Waals surface area contributed by atoms with Crippen molar-refractivity contribution in [2.75, 3.05) is 0 Å². The fourth-order valence-corrected chi connectivity index (χ4v) is 3.56. The Bertz CT molecular complexity index is 1270. The fraction of sp³-hybridized carbons (Fsp3) is 0.174. The van der Waals surface area contributed by atoms with Crippen LogP contribution < -0.4 is 5.32 Å². The molecule has 8 nitrogen and oxygen atoms in total. The van der Waals surface area contributed by atoms with E-state index in [9.17, 15) is 14.4 Å². The van der Waals surface area contributed by atoms with Crippen LogP contribution in [0.1, 0.15) is 22.8 Å². The van der Waals surface area contributed by atoms with Gasteiger partial charge in [-0.2, -0.15) is 10.2 Å². The molecule has 156 valence electrons. The summed E-state index contributed by atoms with van der Waals surface area (Å²) >= 11 is 0. The van der Waals surface area contributed by atoms with Gasteiger partial charge in [-0.15, -0.1) is 0 Å². The van der Waals surface area contributed by atoms with Crippen molar-refractivity contribution in [2.45, 2.75) is 19.4 Å². The molecule has 2 N–H and O–H groups in total. The number of carbonyl (C=O) groups is 3. The van der Waals surface area contributed by atoms with E-state index in [-0.39, 0.29) is 6.42 Å². The Morgan fingerprint density at radius 1 is 1.10 bits per heavy atom. The summed E-state index contributed by atoms with van der Waals surface area (Å²) in [6.07, 6.45) is 3.51. The molecule has 0 fully saturated rings. The molecule has 0 spiro atoms. The molecule has 2 aromatic carbocycles. The van der Waals surface area contributed by atoms with Crippen LogP contribution in [0.3, 0.4) is 0 Å². The first-order chi connectivity index (χ1) is 14.9. The van der Waals surface area contributed by atoms with Gasteiger partial charge in [0.2, 0.25) is 5.78 Å². The van der Waals surface area contributed by atoms with E-state index in [2.05, 4.69) is 20.6 Å². The predicted molar refractivity (Wildman–Crippen MR) is 115 cm³/mol. The Morgan fingerprint density at radius 2 is 1.87 bits per heavy atom. The SMILES string of the molecule is CC(=O)C(=O)C(Cc1ccccc1)NC(=O)c1cn(C)nc1-c1cccc2cn[nH]c12. The lowest BCUT2D eigenvalue weighted by Crippen LogP contribution is -2.44. The molecule has 0 saturated heterocycles. The molecule has 0 aliphatic rings. The van der Waals surface area contributed by atoms with Gasteiger partial charge >= 0.3 is 0 Å². The minimum Gasteiger partial charge on any atom is -0.341 e. The minimum atomic E-state index is -0.969. The number of aromatic nitrogens is 4. The van der Waals surface area contributed by atoms with Crippen molar-refractivity contribution in [1.29, 1.82) is 0 Å². The maximum atomic E-state index is 13.2. The third-order valence-electron chi connectivity index (χ3n) is 5.06. The Hall–Kier alpha value is -4.07. The third-order valence-corrected chi connectivity index (χ3v) is 5.06. The molecule has 0 aliphatic carbocycles. The van der Waals surface area contributed by atoms with Crippen molar-refractivity contribution in [3.63, 3.8) is 0 Å². The molecule has 4 rings (SSSR count). The van der Waals surface area contributed by atoms with Crippen LogP contribution in [-0.4, -0.2) is 43.5 Å². The largest absolute Gasteiger partial charge is 0.341 e. The van der Waals surface area contributed by atoms with E-state index in [1.165, 1.54) is 6.92 Å². The van der Waals surface area contributed by atoms with Crippen LogP contribution in [-0.2, 0) is 23.1 Å². The highest BCUT2D eigenvalue weighted by Gasteiger charge is 2.27. The summed E-state index contributed by atoms with van der Waals surface area (Å²) in [5.41, 5.74) is 3.09. The molecule has 2 heterocycles. The number of rotatable bonds is 7. The third kappa shape index (κ3) is 4.13. The van der Waals surface area contributed by atoms with Crippen molar-refractivity contribution in [1.82, 2.24) is 25.3 Å². The number of para-hydroxylation sites is 1. The molecule has 1 unspecified atom stereocenters. The molecule has 1 atom stereocenters. The maximum absolute atomic E-state index is 13.2. The fourth-order valence-electron chi connectivity index (χ4n) is 3.56. The molecule has 0 aliphatic heterocycles. The number of nitrogens with zero attached hydrogens (tertiary/aromatic N) is 3. The van der Waals surface area contributed by atoms with E-state index in [4.69, 9.17) is 0 Å². The normalized spacial score (nSPS) is 11.9. The molecule has 0 bridgehead atoms. The van der Waals surface area contributed by atoms with E-state index < -0.39 is 23.5 Å². The summed E-state index contributed by atoms with van der Waals surface area (Å²) < 4.78 is 1.54. The van der Waals surface area contributed by atoms with Gasteiger partial charge in [0.25, 0.3) is 5.91 Å². The minimum absolute atomic E-state index is 0.219. The number of carbonyl (C=O) groups excluding carboxylic acids is 3. The standard InChI is InChI=1S/C23H21N5O3/c1-14(29)22(30)19(11-15-7-4-3-5-8-15)25-23(31)18-13-28(2)27-21(18)17-10-6-9-16-12-24-26-20(16)17/h3-10,12-13,19H,11H2,1-2H3,(H,24,26)(H,25,31). The van der Waals surface area contributed by atoms with Crippen LogP contribution in [0, 0.1) is 0 Å². The van der Waals surface area contributed by atoms with Gasteiger partial charge in [-0.05, 0) is 5.56 Å². The molecular formula is C23H21N5O3. The molecule has 4 aromatic rings. The highest BCUT2D eigenvalue weighted by Crippen LogP contribution is 2.28. The Kier molecular flexibility index (Phi) is 5.44. The summed E-state index contributed by atoms with van der Waals surface area (Å²) in [4.78, 5) is 37.5. The number of fused-ring (bicyclic) bond motifs is 1. The number of nitrogens with one attached hydrogen (secondary N) is 2. The lowest BCUT2D eigenvalue weighted by atomic mass is 9.99. The van der Waals surface area contributed by atoms with Crippen LogP contribution in [0.4, 0.5) is 0 Å². The van der Waals surface area contributed by atoms with Crippen LogP contribution >= 0.6 is 0 Å². The van der Waals surface area contributed by atoms with E-state index in [1.807, 2.05) is 48.5 Å². The van der Waals surface area contributed by atoms with Crippen molar-refractivity contribution >= 4 is 28.4 Å². The Morgan fingerprint density at radius 3 is 2.61 bits per heavy atom. The van der Waals surface area contributed by atoms with E-state index in [0.717, 1.165) is 22.0 Å². The molecule has 2 aromatic heterocycles. The van der Waals surface area contributed by atoms with Crippen LogP contribution in [0.2, 0.25) is 0 Å². The number of Topliss-reactive ketones (excluding diaryl/α,β-unsaturated/α-hetero) is 2. The summed E-state index contributed by atoms with van der Waals surface area (Å²) in [5.74, 6) is -1.72. The number of aryl methyl sites for hydroxylation is 1. The average Bonchev–Trinajstić information content (AvgIpc) is 3.39. The monoisotopic (exact) mass is 415 g/mol. The summed E-state index contributed by atoms with van der Waals surface area (Å²) in [5, 5.41) is 15.1. The first kappa shape index (κ1) is 20.2. The number of ketones is 2. The van der Waals surface area contributed by atoms with E-state index in [0.29, 0.717) is 11.3 Å². The molecule has 8 heteroatoms. The molecule has 31 heavy (non-hydrogen) atoms. The van der Waals surface area contributed by atoms with Gasteiger partial charge in [-0.3, -0.25) is 24.2 Å². The zero-order valence-electron chi connectivity index (χ0n) is 17.1. The van der Waals surface area contributed by atoms with Gasteiger partial charge in [0.05, 0.1) is 23.3 Å². The smallest absolute Gasteiger partial charge is 0.255 e. The van der Waals surface area contributed by atoms with Crippen molar-refractivity contribution in [3.8, 4) is 11.3 Å². The Labute approximate surface area is 178 Å². The number of hydrogen-bond donors (Lipinski definition) is 2. The lowest BCUT2D eigenvalue weighted by Gasteiger charge is -2.16. The van der Waals surface area contributed by atoms with Crippen LogP contribution in [0.25, 0.3) is 22.2 Å². The highest BCUT2D eigenvalue weighted by molar-refractivity contribution is 6.38. The summed E-state index contributed by atoms with van der Waals surface area (Å²) in [7, 11) is 1.72. The molecule has 0 radical (unpaired) electrons. The van der Waals surface area contributed by atoms with Gasteiger partial charge in [0.1, 0.15) is 5.69 Å². The zero-order valence-corrected chi connectivity index (χ0v) is 17.1. The topological polar surface area (TPSA) is 110 Å². The Balaban J connectivity index is 1.68.